The number of benzene rings is 2. The standard InChI is InChI=1S/C14H11NO3/c16-14(17)12-8-4-5-9-13(12)15(18)10-11-6-2-1-3-7-11/h1-10H,(H,16,17)/b15-10-. The van der Waals surface area contributed by atoms with Crippen molar-refractivity contribution in [2.24, 2.45) is 0 Å². The minimum absolute atomic E-state index is 0.0142. The van der Waals surface area contributed by atoms with Gasteiger partial charge in [0.2, 0.25) is 5.69 Å². The maximum absolute atomic E-state index is 11.9. The molecule has 0 aliphatic rings. The van der Waals surface area contributed by atoms with Gasteiger partial charge in [-0.1, -0.05) is 30.3 Å². The van der Waals surface area contributed by atoms with Crippen LogP contribution in [-0.2, 0) is 0 Å². The van der Waals surface area contributed by atoms with E-state index in [1.807, 2.05) is 18.2 Å². The molecule has 0 unspecified atom stereocenters. The van der Waals surface area contributed by atoms with Gasteiger partial charge in [-0.05, 0) is 18.2 Å². The highest BCUT2D eigenvalue weighted by molar-refractivity contribution is 5.92. The largest absolute Gasteiger partial charge is 0.618 e. The lowest BCUT2D eigenvalue weighted by molar-refractivity contribution is -0.354. The molecule has 90 valence electrons. The van der Waals surface area contributed by atoms with E-state index in [2.05, 4.69) is 0 Å². The summed E-state index contributed by atoms with van der Waals surface area (Å²) in [5, 5.41) is 20.9. The Morgan fingerprint density at radius 1 is 1.06 bits per heavy atom. The average molecular weight is 241 g/mol. The van der Waals surface area contributed by atoms with Gasteiger partial charge in [-0.3, -0.25) is 0 Å². The van der Waals surface area contributed by atoms with E-state index in [0.29, 0.717) is 10.3 Å². The van der Waals surface area contributed by atoms with E-state index in [1.54, 1.807) is 24.3 Å². The third-order valence-electron chi connectivity index (χ3n) is 2.44. The minimum atomic E-state index is -1.12. The van der Waals surface area contributed by atoms with E-state index < -0.39 is 5.97 Å². The molecule has 2 rings (SSSR count). The number of carboxylic acids is 1. The average Bonchev–Trinajstić information content (AvgIpc) is 2.40. The van der Waals surface area contributed by atoms with Crippen LogP contribution in [0.5, 0.6) is 0 Å². The van der Waals surface area contributed by atoms with Crippen molar-refractivity contribution < 1.29 is 14.6 Å². The van der Waals surface area contributed by atoms with Crippen LogP contribution in [0.25, 0.3) is 0 Å². The molecule has 0 amide bonds. The smallest absolute Gasteiger partial charge is 0.342 e. The fourth-order valence-corrected chi connectivity index (χ4v) is 1.59. The van der Waals surface area contributed by atoms with Gasteiger partial charge in [-0.2, -0.15) is 4.74 Å². The van der Waals surface area contributed by atoms with Gasteiger partial charge in [0.25, 0.3) is 0 Å². The molecule has 0 aliphatic carbocycles. The van der Waals surface area contributed by atoms with E-state index in [9.17, 15) is 10.0 Å². The minimum Gasteiger partial charge on any atom is -0.618 e. The van der Waals surface area contributed by atoms with Crippen molar-refractivity contribution in [3.63, 3.8) is 0 Å². The molecule has 0 radical (unpaired) electrons. The predicted octanol–water partition coefficient (Wildman–Crippen LogP) is 2.65. The number of carbonyl (C=O) groups is 1. The van der Waals surface area contributed by atoms with Crippen molar-refractivity contribution >= 4 is 17.9 Å². The fraction of sp³-hybridized carbons (Fsp3) is 0. The molecule has 4 heteroatoms. The summed E-state index contributed by atoms with van der Waals surface area (Å²) in [5.41, 5.74) is 0.821. The summed E-state index contributed by atoms with van der Waals surface area (Å²) >= 11 is 0. The summed E-state index contributed by atoms with van der Waals surface area (Å²) in [7, 11) is 0. The summed E-state index contributed by atoms with van der Waals surface area (Å²) in [4.78, 5) is 11.0. The maximum Gasteiger partial charge on any atom is 0.342 e. The molecule has 0 fully saturated rings. The van der Waals surface area contributed by atoms with E-state index in [1.165, 1.54) is 18.3 Å². The van der Waals surface area contributed by atoms with Crippen molar-refractivity contribution in [3.8, 4) is 0 Å². The van der Waals surface area contributed by atoms with Crippen molar-refractivity contribution in [2.75, 3.05) is 0 Å². The summed E-state index contributed by atoms with van der Waals surface area (Å²) < 4.78 is 0.568. The van der Waals surface area contributed by atoms with E-state index in [0.717, 1.165) is 0 Å². The molecule has 0 saturated heterocycles. The van der Waals surface area contributed by atoms with E-state index in [4.69, 9.17) is 5.11 Å². The number of aromatic carboxylic acids is 1. The number of hydrogen-bond donors (Lipinski definition) is 1. The summed E-state index contributed by atoms with van der Waals surface area (Å²) in [6.07, 6.45) is 1.35. The van der Waals surface area contributed by atoms with Crippen LogP contribution in [-0.4, -0.2) is 22.0 Å². The van der Waals surface area contributed by atoms with Gasteiger partial charge in [0.15, 0.2) is 6.21 Å². The molecular weight excluding hydrogens is 230 g/mol. The number of nitrogens with zero attached hydrogens (tertiary/aromatic N) is 1. The molecular formula is C14H11NO3. The van der Waals surface area contributed by atoms with Gasteiger partial charge in [-0.15, -0.1) is 0 Å². The first-order chi connectivity index (χ1) is 8.68. The van der Waals surface area contributed by atoms with Gasteiger partial charge < -0.3 is 10.3 Å². The van der Waals surface area contributed by atoms with Crippen LogP contribution in [0.1, 0.15) is 15.9 Å². The lowest BCUT2D eigenvalue weighted by Crippen LogP contribution is -2.05. The van der Waals surface area contributed by atoms with E-state index >= 15 is 0 Å². The molecule has 0 atom stereocenters. The quantitative estimate of drug-likeness (QED) is 0.389. The highest BCUT2D eigenvalue weighted by atomic mass is 16.5. The van der Waals surface area contributed by atoms with Gasteiger partial charge in [0.1, 0.15) is 5.56 Å². The van der Waals surface area contributed by atoms with Crippen molar-refractivity contribution in [1.82, 2.24) is 0 Å². The Morgan fingerprint density at radius 3 is 2.33 bits per heavy atom. The Bertz CT molecular complexity index is 591. The second-order valence-corrected chi connectivity index (χ2v) is 3.69. The second kappa shape index (κ2) is 5.14. The zero-order valence-electron chi connectivity index (χ0n) is 9.48. The molecule has 1 N–H and O–H groups in total. The van der Waals surface area contributed by atoms with Gasteiger partial charge >= 0.3 is 5.97 Å². The lowest BCUT2D eigenvalue weighted by Gasteiger charge is -2.05. The van der Waals surface area contributed by atoms with Crippen molar-refractivity contribution in [1.29, 1.82) is 0 Å². The maximum atomic E-state index is 11.9. The number of carboxylic acid groups (broad SMARTS) is 1. The monoisotopic (exact) mass is 241 g/mol. The molecule has 0 aliphatic heterocycles. The van der Waals surface area contributed by atoms with Crippen LogP contribution >= 0.6 is 0 Å². The van der Waals surface area contributed by atoms with Crippen LogP contribution in [0.15, 0.2) is 54.6 Å². The zero-order valence-corrected chi connectivity index (χ0v) is 9.48. The Balaban J connectivity index is 2.43. The van der Waals surface area contributed by atoms with Crippen LogP contribution in [0, 0.1) is 5.21 Å². The number of para-hydroxylation sites is 1. The Hall–Kier alpha value is -2.62. The highest BCUT2D eigenvalue weighted by Crippen LogP contribution is 2.17. The normalized spacial score (nSPS) is 11.2. The third-order valence-corrected chi connectivity index (χ3v) is 2.44. The molecule has 4 nitrogen and oxygen atoms in total. The topological polar surface area (TPSA) is 63.4 Å². The molecule has 18 heavy (non-hydrogen) atoms. The van der Waals surface area contributed by atoms with Crippen LogP contribution in [0.3, 0.4) is 0 Å². The Labute approximate surface area is 104 Å². The first-order valence-electron chi connectivity index (χ1n) is 5.37. The number of rotatable bonds is 3. The summed E-state index contributed by atoms with van der Waals surface area (Å²) in [6, 6.07) is 15.1. The Kier molecular flexibility index (Phi) is 3.38. The SMILES string of the molecule is O=C(O)c1ccccc1/[N+]([O-])=C/c1ccccc1. The predicted molar refractivity (Wildman–Crippen MR) is 68.3 cm³/mol. The Morgan fingerprint density at radius 2 is 1.67 bits per heavy atom. The van der Waals surface area contributed by atoms with E-state index in [-0.39, 0.29) is 11.3 Å². The molecule has 2 aromatic rings. The molecule has 0 bridgehead atoms. The van der Waals surface area contributed by atoms with Crippen LogP contribution in [0.4, 0.5) is 5.69 Å². The molecule has 0 heterocycles. The zero-order chi connectivity index (χ0) is 13.0. The summed E-state index contributed by atoms with van der Waals surface area (Å²) in [5.74, 6) is -1.12. The second-order valence-electron chi connectivity index (χ2n) is 3.69. The van der Waals surface area contributed by atoms with Crippen LogP contribution in [0.2, 0.25) is 0 Å². The van der Waals surface area contributed by atoms with Gasteiger partial charge in [0, 0.05) is 11.6 Å². The first-order valence-corrected chi connectivity index (χ1v) is 5.37. The van der Waals surface area contributed by atoms with Crippen molar-refractivity contribution in [2.45, 2.75) is 0 Å². The summed E-state index contributed by atoms with van der Waals surface area (Å²) in [6.45, 7) is 0. The molecule has 0 spiro atoms. The molecule has 0 aromatic heterocycles. The number of hydrogen-bond acceptors (Lipinski definition) is 2. The molecule has 0 saturated carbocycles. The van der Waals surface area contributed by atoms with Crippen molar-refractivity contribution in [3.05, 3.63) is 70.9 Å². The van der Waals surface area contributed by atoms with Gasteiger partial charge in [-0.25, -0.2) is 4.79 Å². The fourth-order valence-electron chi connectivity index (χ4n) is 1.59. The van der Waals surface area contributed by atoms with Crippen LogP contribution < -0.4 is 0 Å². The lowest BCUT2D eigenvalue weighted by atomic mass is 10.2. The molecule has 2 aromatic carbocycles. The van der Waals surface area contributed by atoms with Gasteiger partial charge in [0.05, 0.1) is 0 Å². The third kappa shape index (κ3) is 2.55. The highest BCUT2D eigenvalue weighted by Gasteiger charge is 2.15. The first kappa shape index (κ1) is 11.9.